The zero-order valence-electron chi connectivity index (χ0n) is 17.3. The average Bonchev–Trinajstić information content (AvgIpc) is 3.06. The number of rotatable bonds is 4. The first-order valence-electron chi connectivity index (χ1n) is 10.5. The third kappa shape index (κ3) is 3.75. The smallest absolute Gasteiger partial charge is 0.229 e. The van der Waals surface area contributed by atoms with Gasteiger partial charge in [-0.1, -0.05) is 35.3 Å². The second-order valence-corrected chi connectivity index (χ2v) is 9.01. The highest BCUT2D eigenvalue weighted by atomic mass is 35.5. The summed E-state index contributed by atoms with van der Waals surface area (Å²) in [6.07, 6.45) is 3.60. The molecule has 1 fully saturated rings. The van der Waals surface area contributed by atoms with E-state index in [2.05, 4.69) is 15.3 Å². The second-order valence-electron chi connectivity index (χ2n) is 8.22. The molecule has 4 heterocycles. The van der Waals surface area contributed by atoms with E-state index in [1.807, 2.05) is 29.8 Å². The normalized spacial score (nSPS) is 16.7. The van der Waals surface area contributed by atoms with Crippen molar-refractivity contribution in [1.82, 2.24) is 24.8 Å². The number of aromatic nitrogens is 3. The Morgan fingerprint density at radius 1 is 1.23 bits per heavy atom. The highest BCUT2D eigenvalue weighted by molar-refractivity contribution is 6.42. The summed E-state index contributed by atoms with van der Waals surface area (Å²) in [7, 11) is 1.82. The molecular weight excluding hydrogens is 435 g/mol. The molecule has 0 spiro atoms. The van der Waals surface area contributed by atoms with Crippen molar-refractivity contribution in [3.63, 3.8) is 0 Å². The van der Waals surface area contributed by atoms with E-state index in [0.29, 0.717) is 29.7 Å². The number of fused-ring (bicyclic) bond motifs is 2. The van der Waals surface area contributed by atoms with Crippen LogP contribution in [0.1, 0.15) is 16.8 Å². The number of hydrogen-bond donors (Lipinski definition) is 1. The zero-order valence-corrected chi connectivity index (χ0v) is 18.8. The summed E-state index contributed by atoms with van der Waals surface area (Å²) in [6, 6.07) is 7.45. The second kappa shape index (κ2) is 8.30. The fraction of sp³-hybridized carbons (Fsp3) is 0.409. The molecule has 0 aliphatic carbocycles. The molecule has 2 aromatic heterocycles. The maximum atomic E-state index is 13.0. The highest BCUT2D eigenvalue weighted by Gasteiger charge is 2.37. The van der Waals surface area contributed by atoms with Gasteiger partial charge in [0, 0.05) is 51.3 Å². The molecule has 0 unspecified atom stereocenters. The molecule has 1 amide bonds. The third-order valence-corrected chi connectivity index (χ3v) is 6.99. The Bertz CT molecular complexity index is 1140. The number of nitrogens with zero attached hydrogens (tertiary/aromatic N) is 5. The van der Waals surface area contributed by atoms with E-state index in [0.717, 1.165) is 48.7 Å². The summed E-state index contributed by atoms with van der Waals surface area (Å²) >= 11 is 12.4. The molecule has 0 radical (unpaired) electrons. The lowest BCUT2D eigenvalue weighted by Crippen LogP contribution is -2.54. The van der Waals surface area contributed by atoms with Crippen molar-refractivity contribution >= 4 is 40.6 Å². The minimum absolute atomic E-state index is 0.0544. The van der Waals surface area contributed by atoms with E-state index in [9.17, 15) is 4.79 Å². The number of halogens is 2. The van der Waals surface area contributed by atoms with E-state index in [-0.39, 0.29) is 11.8 Å². The van der Waals surface area contributed by atoms with Crippen molar-refractivity contribution in [3.05, 3.63) is 57.3 Å². The van der Waals surface area contributed by atoms with Crippen LogP contribution in [0.2, 0.25) is 10.0 Å². The van der Waals surface area contributed by atoms with Crippen LogP contribution in [0.4, 0.5) is 5.82 Å². The Labute approximate surface area is 190 Å². The predicted octanol–water partition coefficient (Wildman–Crippen LogP) is 2.82. The first-order valence-corrected chi connectivity index (χ1v) is 11.3. The Morgan fingerprint density at radius 2 is 2.03 bits per heavy atom. The van der Waals surface area contributed by atoms with Crippen LogP contribution in [0.3, 0.4) is 0 Å². The quantitative estimate of drug-likeness (QED) is 0.650. The molecule has 9 heteroatoms. The highest BCUT2D eigenvalue weighted by Crippen LogP contribution is 2.32. The molecule has 31 heavy (non-hydrogen) atoms. The molecule has 5 rings (SSSR count). The lowest BCUT2D eigenvalue weighted by molar-refractivity contribution is -0.135. The van der Waals surface area contributed by atoms with Crippen LogP contribution in [-0.4, -0.2) is 58.6 Å². The first kappa shape index (κ1) is 20.5. The van der Waals surface area contributed by atoms with Gasteiger partial charge in [0.05, 0.1) is 27.9 Å². The number of amides is 1. The summed E-state index contributed by atoms with van der Waals surface area (Å²) in [4.78, 5) is 21.9. The molecular formula is C22H24Cl2N6O. The molecule has 1 N–H and O–H groups in total. The van der Waals surface area contributed by atoms with E-state index < -0.39 is 0 Å². The fourth-order valence-corrected chi connectivity index (χ4v) is 4.84. The number of hydrogen-bond acceptors (Lipinski definition) is 5. The van der Waals surface area contributed by atoms with Gasteiger partial charge in [-0.3, -0.25) is 4.79 Å². The Kier molecular flexibility index (Phi) is 5.50. The molecule has 2 aliphatic heterocycles. The van der Waals surface area contributed by atoms with Crippen LogP contribution in [0.15, 0.2) is 30.5 Å². The van der Waals surface area contributed by atoms with Crippen LogP contribution in [0, 0.1) is 5.92 Å². The van der Waals surface area contributed by atoms with E-state index in [1.165, 1.54) is 5.56 Å². The molecule has 2 aliphatic rings. The summed E-state index contributed by atoms with van der Waals surface area (Å²) in [6.45, 7) is 3.64. The molecule has 0 saturated carbocycles. The van der Waals surface area contributed by atoms with Crippen LogP contribution < -0.4 is 10.2 Å². The minimum Gasteiger partial charge on any atom is -0.354 e. The molecule has 3 aromatic rings. The van der Waals surface area contributed by atoms with Crippen molar-refractivity contribution in [2.75, 3.05) is 38.1 Å². The number of nitrogens with one attached hydrogen (secondary N) is 1. The first-order chi connectivity index (χ1) is 15.0. The fourth-order valence-electron chi connectivity index (χ4n) is 4.46. The van der Waals surface area contributed by atoms with Crippen molar-refractivity contribution in [3.8, 4) is 0 Å². The van der Waals surface area contributed by atoms with Crippen molar-refractivity contribution in [2.45, 2.75) is 19.4 Å². The Balaban J connectivity index is 1.33. The summed E-state index contributed by atoms with van der Waals surface area (Å²) in [5, 5.41) is 8.97. The third-order valence-electron chi connectivity index (χ3n) is 6.13. The van der Waals surface area contributed by atoms with E-state index >= 15 is 0 Å². The van der Waals surface area contributed by atoms with Gasteiger partial charge in [0.15, 0.2) is 5.65 Å². The van der Waals surface area contributed by atoms with E-state index in [1.54, 1.807) is 17.2 Å². The zero-order chi connectivity index (χ0) is 21.5. The van der Waals surface area contributed by atoms with Gasteiger partial charge in [0.1, 0.15) is 5.82 Å². The molecule has 0 bridgehead atoms. The predicted molar refractivity (Wildman–Crippen MR) is 122 cm³/mol. The summed E-state index contributed by atoms with van der Waals surface area (Å²) in [5.74, 6) is 1.14. The van der Waals surface area contributed by atoms with Gasteiger partial charge in [-0.2, -0.15) is 9.61 Å². The lowest BCUT2D eigenvalue weighted by Gasteiger charge is -2.42. The van der Waals surface area contributed by atoms with Gasteiger partial charge >= 0.3 is 0 Å². The molecule has 1 aromatic carbocycles. The van der Waals surface area contributed by atoms with Crippen molar-refractivity contribution < 1.29 is 4.79 Å². The van der Waals surface area contributed by atoms with Crippen LogP contribution >= 0.6 is 23.2 Å². The molecule has 1 saturated heterocycles. The minimum atomic E-state index is -0.0544. The van der Waals surface area contributed by atoms with Gasteiger partial charge in [0.25, 0.3) is 0 Å². The van der Waals surface area contributed by atoms with Gasteiger partial charge in [-0.25, -0.2) is 4.98 Å². The maximum Gasteiger partial charge on any atom is 0.229 e. The molecule has 0 atom stereocenters. The Morgan fingerprint density at radius 3 is 2.87 bits per heavy atom. The topological polar surface area (TPSA) is 65.8 Å². The lowest BCUT2D eigenvalue weighted by atomic mass is 9.96. The van der Waals surface area contributed by atoms with Crippen molar-refractivity contribution in [2.24, 2.45) is 5.92 Å². The molecule has 162 valence electrons. The SMILES string of the molecule is CN(Cc1cccc(Cl)c1Cl)C(=O)C1CN(c2c3c(nc4ccnn24)CCNCC3)C1. The van der Waals surface area contributed by atoms with Gasteiger partial charge in [0.2, 0.25) is 5.91 Å². The van der Waals surface area contributed by atoms with Crippen LogP contribution in [0.5, 0.6) is 0 Å². The van der Waals surface area contributed by atoms with Crippen LogP contribution in [0.25, 0.3) is 5.65 Å². The van der Waals surface area contributed by atoms with Crippen molar-refractivity contribution in [1.29, 1.82) is 0 Å². The summed E-state index contributed by atoms with van der Waals surface area (Å²) in [5.41, 5.74) is 4.09. The largest absolute Gasteiger partial charge is 0.354 e. The van der Waals surface area contributed by atoms with E-state index in [4.69, 9.17) is 28.2 Å². The number of anilines is 1. The van der Waals surface area contributed by atoms with Gasteiger partial charge < -0.3 is 15.1 Å². The number of benzene rings is 1. The van der Waals surface area contributed by atoms with Gasteiger partial charge in [-0.15, -0.1) is 0 Å². The maximum absolute atomic E-state index is 13.0. The summed E-state index contributed by atoms with van der Waals surface area (Å²) < 4.78 is 1.92. The Hall–Kier alpha value is -2.35. The average molecular weight is 459 g/mol. The van der Waals surface area contributed by atoms with Crippen LogP contribution in [-0.2, 0) is 24.2 Å². The molecule has 7 nitrogen and oxygen atoms in total. The van der Waals surface area contributed by atoms with Gasteiger partial charge in [-0.05, 0) is 24.6 Å². The number of carbonyl (C=O) groups excluding carboxylic acids is 1. The standard InChI is InChI=1S/C22H24Cl2N6O/c1-28(11-14-3-2-4-17(23)20(14)24)22(31)15-12-29(13-15)21-16-5-8-25-9-6-18(16)27-19-7-10-26-30(19)21/h2-4,7,10,15,25H,5-6,8-9,11-13H2,1H3. The number of carbonyl (C=O) groups is 1. The monoisotopic (exact) mass is 458 g/mol.